The van der Waals surface area contributed by atoms with E-state index in [1.54, 1.807) is 43.3 Å². The molecular formula is C27H18FNO5. The Morgan fingerprint density at radius 3 is 2.00 bits per heavy atom. The number of amides is 2. The van der Waals surface area contributed by atoms with Gasteiger partial charge in [0.15, 0.2) is 0 Å². The van der Waals surface area contributed by atoms with Gasteiger partial charge in [0.1, 0.15) is 5.82 Å². The fourth-order valence-electron chi connectivity index (χ4n) is 5.52. The summed E-state index contributed by atoms with van der Waals surface area (Å²) in [7, 11) is 0. The monoisotopic (exact) mass is 455 g/mol. The summed E-state index contributed by atoms with van der Waals surface area (Å²) in [6, 6.07) is 18.6. The Bertz CT molecular complexity index is 1380. The quantitative estimate of drug-likeness (QED) is 0.433. The number of fused-ring (bicyclic) bond motifs is 3. The Morgan fingerprint density at radius 1 is 0.794 bits per heavy atom. The van der Waals surface area contributed by atoms with Crippen LogP contribution in [0.15, 0.2) is 72.8 Å². The van der Waals surface area contributed by atoms with Crippen LogP contribution in [0.25, 0.3) is 0 Å². The number of carbonyl (C=O) groups is 4. The van der Waals surface area contributed by atoms with E-state index >= 15 is 0 Å². The van der Waals surface area contributed by atoms with E-state index < -0.39 is 52.7 Å². The largest absolute Gasteiger partial charge is 0.349 e. The Morgan fingerprint density at radius 2 is 1.38 bits per heavy atom. The molecular weight excluding hydrogens is 437 g/mol. The van der Waals surface area contributed by atoms with Crippen molar-refractivity contribution in [2.45, 2.75) is 18.6 Å². The maximum Gasteiger partial charge on any atom is 0.241 e. The van der Waals surface area contributed by atoms with Crippen LogP contribution in [-0.4, -0.2) is 29.0 Å². The van der Waals surface area contributed by atoms with Crippen LogP contribution in [-0.2, 0) is 14.3 Å². The Kier molecular flexibility index (Phi) is 4.25. The van der Waals surface area contributed by atoms with E-state index in [9.17, 15) is 23.6 Å². The first-order chi connectivity index (χ1) is 16.4. The number of hydrogen-bond donors (Lipinski definition) is 0. The van der Waals surface area contributed by atoms with Crippen molar-refractivity contribution in [3.8, 4) is 0 Å². The maximum absolute atomic E-state index is 13.8. The summed E-state index contributed by atoms with van der Waals surface area (Å²) in [4.78, 5) is 56.0. The number of anilines is 1. The molecule has 168 valence electrons. The maximum atomic E-state index is 13.8. The summed E-state index contributed by atoms with van der Waals surface area (Å²) in [5, 5.41) is 0. The van der Waals surface area contributed by atoms with Crippen molar-refractivity contribution >= 4 is 29.1 Å². The van der Waals surface area contributed by atoms with Gasteiger partial charge in [0, 0.05) is 11.1 Å². The summed E-state index contributed by atoms with van der Waals surface area (Å²) in [5.74, 6) is -5.37. The number of nitrogens with zero attached hydrogens (tertiary/aromatic N) is 1. The number of rotatable bonds is 2. The highest BCUT2D eigenvalue weighted by molar-refractivity contribution is 6.37. The first-order valence-electron chi connectivity index (χ1n) is 10.9. The first kappa shape index (κ1) is 20.6. The molecule has 0 aromatic heterocycles. The van der Waals surface area contributed by atoms with Gasteiger partial charge in [-0.1, -0.05) is 54.6 Å². The minimum atomic E-state index is -2.14. The van der Waals surface area contributed by atoms with Crippen LogP contribution in [0.4, 0.5) is 10.1 Å². The molecule has 3 aromatic carbocycles. The van der Waals surface area contributed by atoms with Gasteiger partial charge in [-0.2, -0.15) is 0 Å². The van der Waals surface area contributed by atoms with Gasteiger partial charge >= 0.3 is 0 Å². The van der Waals surface area contributed by atoms with Gasteiger partial charge in [-0.25, -0.2) is 9.29 Å². The smallest absolute Gasteiger partial charge is 0.241 e. The average molecular weight is 455 g/mol. The molecule has 6 nitrogen and oxygen atoms in total. The number of halogens is 1. The topological polar surface area (TPSA) is 80.8 Å². The standard InChI is InChI=1S/C27H18FNO5/c1-14-6-2-5-9-19(14)29-25(32)20-21(26(29)33)27(34-22(20)15-10-12-16(28)13-11-15)23(30)17-7-3-4-8-18(17)24(27)31/h2-13,20-22H,1H3/t20-,21-,22+/m0/s1. The highest BCUT2D eigenvalue weighted by Crippen LogP contribution is 2.57. The van der Waals surface area contributed by atoms with Gasteiger partial charge in [0.05, 0.1) is 23.6 Å². The van der Waals surface area contributed by atoms with Gasteiger partial charge in [0.2, 0.25) is 29.0 Å². The molecule has 6 rings (SSSR count). The Labute approximate surface area is 193 Å². The molecule has 3 aromatic rings. The zero-order valence-electron chi connectivity index (χ0n) is 18.0. The molecule has 3 atom stereocenters. The lowest BCUT2D eigenvalue weighted by atomic mass is 9.77. The molecule has 34 heavy (non-hydrogen) atoms. The van der Waals surface area contributed by atoms with Crippen molar-refractivity contribution < 1.29 is 28.3 Å². The minimum Gasteiger partial charge on any atom is -0.349 e. The third kappa shape index (κ3) is 2.47. The van der Waals surface area contributed by atoms with E-state index in [-0.39, 0.29) is 11.1 Å². The normalized spacial score (nSPS) is 24.8. The van der Waals surface area contributed by atoms with Crippen molar-refractivity contribution in [2.75, 3.05) is 4.90 Å². The predicted molar refractivity (Wildman–Crippen MR) is 119 cm³/mol. The highest BCUT2D eigenvalue weighted by Gasteiger charge is 2.74. The third-order valence-corrected chi connectivity index (χ3v) is 7.07. The lowest BCUT2D eigenvalue weighted by Crippen LogP contribution is -2.51. The molecule has 0 radical (unpaired) electrons. The zero-order valence-corrected chi connectivity index (χ0v) is 18.0. The minimum absolute atomic E-state index is 0.167. The summed E-state index contributed by atoms with van der Waals surface area (Å²) in [6.45, 7) is 1.77. The van der Waals surface area contributed by atoms with E-state index in [1.165, 1.54) is 36.4 Å². The first-order valence-corrected chi connectivity index (χ1v) is 10.9. The van der Waals surface area contributed by atoms with Gasteiger partial charge in [0.25, 0.3) is 0 Å². The number of imide groups is 1. The van der Waals surface area contributed by atoms with Crippen molar-refractivity contribution in [1.29, 1.82) is 0 Å². The van der Waals surface area contributed by atoms with Gasteiger partial charge in [-0.3, -0.25) is 19.2 Å². The fourth-order valence-corrected chi connectivity index (χ4v) is 5.52. The van der Waals surface area contributed by atoms with Crippen molar-refractivity contribution in [3.05, 3.63) is 101 Å². The van der Waals surface area contributed by atoms with Gasteiger partial charge in [-0.05, 0) is 36.2 Å². The zero-order chi connectivity index (χ0) is 23.8. The molecule has 3 aliphatic rings. The van der Waals surface area contributed by atoms with Crippen LogP contribution < -0.4 is 4.90 Å². The van der Waals surface area contributed by atoms with Gasteiger partial charge in [-0.15, -0.1) is 0 Å². The number of aryl methyl sites for hydroxylation is 1. The molecule has 0 unspecified atom stereocenters. The molecule has 0 bridgehead atoms. The second-order valence-corrected chi connectivity index (χ2v) is 8.83. The number of hydrogen-bond acceptors (Lipinski definition) is 5. The van der Waals surface area contributed by atoms with E-state index in [4.69, 9.17) is 4.74 Å². The Balaban J connectivity index is 1.56. The molecule has 2 amide bonds. The van der Waals surface area contributed by atoms with Crippen LogP contribution in [0.2, 0.25) is 0 Å². The van der Waals surface area contributed by atoms with Crippen LogP contribution in [0.3, 0.4) is 0 Å². The van der Waals surface area contributed by atoms with E-state index in [0.29, 0.717) is 16.8 Å². The molecule has 1 aliphatic carbocycles. The highest BCUT2D eigenvalue weighted by atomic mass is 19.1. The van der Waals surface area contributed by atoms with Crippen LogP contribution in [0.5, 0.6) is 0 Å². The van der Waals surface area contributed by atoms with Crippen LogP contribution >= 0.6 is 0 Å². The predicted octanol–water partition coefficient (Wildman–Crippen LogP) is 3.83. The molecule has 2 saturated heterocycles. The average Bonchev–Trinajstić information content (AvgIpc) is 3.40. The van der Waals surface area contributed by atoms with Crippen molar-refractivity contribution in [3.63, 3.8) is 0 Å². The molecule has 0 N–H and O–H groups in total. The summed E-state index contributed by atoms with van der Waals surface area (Å²) < 4.78 is 19.8. The van der Waals surface area contributed by atoms with E-state index in [2.05, 4.69) is 0 Å². The molecule has 2 fully saturated rings. The van der Waals surface area contributed by atoms with Crippen LogP contribution in [0, 0.1) is 24.6 Å². The van der Waals surface area contributed by atoms with Gasteiger partial charge < -0.3 is 4.74 Å². The molecule has 2 aliphatic heterocycles. The van der Waals surface area contributed by atoms with E-state index in [0.717, 1.165) is 4.90 Å². The lowest BCUT2D eigenvalue weighted by molar-refractivity contribution is -0.127. The number of Topliss-reactive ketones (excluding diaryl/α,β-unsaturated/α-hetero) is 2. The van der Waals surface area contributed by atoms with Crippen LogP contribution in [0.1, 0.15) is 37.9 Å². The molecule has 1 spiro atoms. The molecule has 7 heteroatoms. The number of ketones is 2. The van der Waals surface area contributed by atoms with Crippen molar-refractivity contribution in [2.24, 2.45) is 11.8 Å². The number of ether oxygens (including phenoxy) is 1. The lowest BCUT2D eigenvalue weighted by Gasteiger charge is -2.27. The number of benzene rings is 3. The molecule has 2 heterocycles. The molecule has 0 saturated carbocycles. The third-order valence-electron chi connectivity index (χ3n) is 7.07. The summed E-state index contributed by atoms with van der Waals surface area (Å²) in [5.41, 5.74) is -0.295. The number of carbonyl (C=O) groups excluding carboxylic acids is 4. The van der Waals surface area contributed by atoms with E-state index in [1.807, 2.05) is 0 Å². The second kappa shape index (κ2) is 7.01. The Hall–Kier alpha value is -3.97. The summed E-state index contributed by atoms with van der Waals surface area (Å²) >= 11 is 0. The summed E-state index contributed by atoms with van der Waals surface area (Å²) in [6.07, 6.45) is -1.07. The second-order valence-electron chi connectivity index (χ2n) is 8.83. The van der Waals surface area contributed by atoms with Crippen molar-refractivity contribution in [1.82, 2.24) is 0 Å². The SMILES string of the molecule is Cc1ccccc1N1C(=O)[C@@H]2[C@@H](c3ccc(F)cc3)OC3(C(=O)c4ccccc4C3=O)[C@@H]2C1=O. The fraction of sp³-hybridized carbons (Fsp3) is 0.185. The number of para-hydroxylation sites is 1.